The lowest BCUT2D eigenvalue weighted by atomic mass is 9.84. The zero-order valence-electron chi connectivity index (χ0n) is 12.8. The van der Waals surface area contributed by atoms with Crippen LogP contribution in [0.15, 0.2) is 36.4 Å². The van der Waals surface area contributed by atoms with Gasteiger partial charge in [-0.2, -0.15) is 0 Å². The molecule has 1 aliphatic rings. The molecule has 0 spiro atoms. The third kappa shape index (κ3) is 2.91. The Kier molecular flexibility index (Phi) is 4.45. The highest BCUT2D eigenvalue weighted by Gasteiger charge is 2.25. The minimum Gasteiger partial charge on any atom is -0.489 e. The van der Waals surface area contributed by atoms with Gasteiger partial charge in [-0.05, 0) is 48.6 Å². The number of fused-ring (bicyclic) bond motifs is 1. The standard InChI is InChI=1S/C19H25NO/c1-2-14-7-3-6-10-18(14)21-19-12-11-15(13-20)16-8-4-5-9-17(16)19/h4-5,8-9,11-12,14,18H,2-3,6-7,10,13,20H2,1H3. The normalized spacial score (nSPS) is 22.4. The average molecular weight is 283 g/mol. The van der Waals surface area contributed by atoms with Gasteiger partial charge < -0.3 is 10.5 Å². The van der Waals surface area contributed by atoms with Gasteiger partial charge in [0.1, 0.15) is 11.9 Å². The number of hydrogen-bond donors (Lipinski definition) is 1. The highest BCUT2D eigenvalue weighted by molar-refractivity contribution is 5.91. The van der Waals surface area contributed by atoms with Gasteiger partial charge in [-0.3, -0.25) is 0 Å². The second-order valence-electron chi connectivity index (χ2n) is 6.08. The molecule has 2 N–H and O–H groups in total. The number of hydrogen-bond acceptors (Lipinski definition) is 2. The van der Waals surface area contributed by atoms with Crippen LogP contribution in [0, 0.1) is 5.92 Å². The molecule has 2 atom stereocenters. The van der Waals surface area contributed by atoms with E-state index >= 15 is 0 Å². The van der Waals surface area contributed by atoms with Crippen molar-refractivity contribution in [3.8, 4) is 5.75 Å². The van der Waals surface area contributed by atoms with Crippen LogP contribution in [-0.2, 0) is 6.54 Å². The van der Waals surface area contributed by atoms with E-state index < -0.39 is 0 Å². The zero-order valence-corrected chi connectivity index (χ0v) is 12.8. The first-order valence-electron chi connectivity index (χ1n) is 8.20. The summed E-state index contributed by atoms with van der Waals surface area (Å²) in [6.07, 6.45) is 6.72. The van der Waals surface area contributed by atoms with Gasteiger partial charge in [-0.15, -0.1) is 0 Å². The van der Waals surface area contributed by atoms with Crippen LogP contribution in [0.1, 0.15) is 44.6 Å². The smallest absolute Gasteiger partial charge is 0.127 e. The minimum atomic E-state index is 0.371. The molecule has 21 heavy (non-hydrogen) atoms. The van der Waals surface area contributed by atoms with Crippen LogP contribution in [-0.4, -0.2) is 6.10 Å². The maximum atomic E-state index is 6.43. The van der Waals surface area contributed by atoms with Crippen LogP contribution >= 0.6 is 0 Å². The third-order valence-electron chi connectivity index (χ3n) is 4.84. The first-order valence-corrected chi connectivity index (χ1v) is 8.20. The summed E-state index contributed by atoms with van der Waals surface area (Å²) in [4.78, 5) is 0. The molecular weight excluding hydrogens is 258 g/mol. The van der Waals surface area contributed by atoms with Crippen molar-refractivity contribution in [3.63, 3.8) is 0 Å². The number of benzene rings is 2. The summed E-state index contributed by atoms with van der Waals surface area (Å²) in [7, 11) is 0. The van der Waals surface area contributed by atoms with Crippen molar-refractivity contribution >= 4 is 10.8 Å². The molecule has 3 rings (SSSR count). The summed E-state index contributed by atoms with van der Waals surface area (Å²) in [6.45, 7) is 2.85. The molecule has 2 aromatic rings. The molecule has 1 aliphatic carbocycles. The first-order chi connectivity index (χ1) is 10.3. The number of ether oxygens (including phenoxy) is 1. The average Bonchev–Trinajstić information content (AvgIpc) is 2.55. The van der Waals surface area contributed by atoms with E-state index in [1.54, 1.807) is 0 Å². The molecule has 0 aliphatic heterocycles. The number of nitrogens with two attached hydrogens (primary N) is 1. The molecule has 2 heteroatoms. The molecule has 1 fully saturated rings. The summed E-state index contributed by atoms with van der Waals surface area (Å²) >= 11 is 0. The lowest BCUT2D eigenvalue weighted by Crippen LogP contribution is -2.30. The number of rotatable bonds is 4. The van der Waals surface area contributed by atoms with E-state index in [0.717, 1.165) is 5.75 Å². The summed E-state index contributed by atoms with van der Waals surface area (Å²) in [5.41, 5.74) is 7.04. The Morgan fingerprint density at radius 1 is 1.05 bits per heavy atom. The molecular formula is C19H25NO. The monoisotopic (exact) mass is 283 g/mol. The van der Waals surface area contributed by atoms with Crippen molar-refractivity contribution in [1.82, 2.24) is 0 Å². The van der Waals surface area contributed by atoms with Gasteiger partial charge in [-0.25, -0.2) is 0 Å². The van der Waals surface area contributed by atoms with Crippen molar-refractivity contribution in [3.05, 3.63) is 42.0 Å². The summed E-state index contributed by atoms with van der Waals surface area (Å²) in [5.74, 6) is 1.72. The highest BCUT2D eigenvalue weighted by atomic mass is 16.5. The Bertz CT molecular complexity index is 608. The third-order valence-corrected chi connectivity index (χ3v) is 4.84. The summed E-state index contributed by atoms with van der Waals surface area (Å²) in [5, 5.41) is 2.42. The zero-order chi connectivity index (χ0) is 14.7. The highest BCUT2D eigenvalue weighted by Crippen LogP contribution is 2.34. The second kappa shape index (κ2) is 6.48. The van der Waals surface area contributed by atoms with Crippen molar-refractivity contribution in [1.29, 1.82) is 0 Å². The van der Waals surface area contributed by atoms with Gasteiger partial charge in [0.2, 0.25) is 0 Å². The molecule has 0 bridgehead atoms. The molecule has 0 radical (unpaired) electrons. The van der Waals surface area contributed by atoms with Gasteiger partial charge in [0.15, 0.2) is 0 Å². The molecule has 0 aromatic heterocycles. The molecule has 0 amide bonds. The van der Waals surface area contributed by atoms with E-state index in [2.05, 4.69) is 43.3 Å². The molecule has 2 nitrogen and oxygen atoms in total. The van der Waals surface area contributed by atoms with E-state index in [9.17, 15) is 0 Å². The maximum absolute atomic E-state index is 6.43. The van der Waals surface area contributed by atoms with E-state index in [-0.39, 0.29) is 0 Å². The summed E-state index contributed by atoms with van der Waals surface area (Å²) in [6, 6.07) is 12.7. The van der Waals surface area contributed by atoms with Crippen molar-refractivity contribution in [2.75, 3.05) is 0 Å². The maximum Gasteiger partial charge on any atom is 0.127 e. The molecule has 0 saturated heterocycles. The van der Waals surface area contributed by atoms with Gasteiger partial charge in [-0.1, -0.05) is 43.7 Å². The molecule has 1 saturated carbocycles. The summed E-state index contributed by atoms with van der Waals surface area (Å²) < 4.78 is 6.43. The topological polar surface area (TPSA) is 35.2 Å². The first kappa shape index (κ1) is 14.4. The van der Waals surface area contributed by atoms with Crippen molar-refractivity contribution in [2.24, 2.45) is 11.7 Å². The van der Waals surface area contributed by atoms with Crippen LogP contribution in [0.2, 0.25) is 0 Å². The van der Waals surface area contributed by atoms with Crippen molar-refractivity contribution < 1.29 is 4.74 Å². The Labute approximate surface area is 127 Å². The Balaban J connectivity index is 1.93. The quantitative estimate of drug-likeness (QED) is 0.886. The van der Waals surface area contributed by atoms with Crippen LogP contribution < -0.4 is 10.5 Å². The van der Waals surface area contributed by atoms with Crippen LogP contribution in [0.5, 0.6) is 5.75 Å². The largest absolute Gasteiger partial charge is 0.489 e. The predicted molar refractivity (Wildman–Crippen MR) is 88.5 cm³/mol. The second-order valence-corrected chi connectivity index (χ2v) is 6.08. The molecule has 2 aromatic carbocycles. The van der Waals surface area contributed by atoms with Gasteiger partial charge in [0.05, 0.1) is 0 Å². The lowest BCUT2D eigenvalue weighted by molar-refractivity contribution is 0.0919. The SMILES string of the molecule is CCC1CCCCC1Oc1ccc(CN)c2ccccc12. The molecule has 0 heterocycles. The predicted octanol–water partition coefficient (Wildman–Crippen LogP) is 4.65. The fourth-order valence-electron chi connectivity index (χ4n) is 3.57. The Morgan fingerprint density at radius 2 is 1.81 bits per heavy atom. The van der Waals surface area contributed by atoms with E-state index in [4.69, 9.17) is 10.5 Å². The van der Waals surface area contributed by atoms with Crippen molar-refractivity contribution in [2.45, 2.75) is 51.7 Å². The Morgan fingerprint density at radius 3 is 2.57 bits per heavy atom. The van der Waals surface area contributed by atoms with Crippen LogP contribution in [0.3, 0.4) is 0 Å². The van der Waals surface area contributed by atoms with Crippen LogP contribution in [0.4, 0.5) is 0 Å². The molecule has 2 unspecified atom stereocenters. The van der Waals surface area contributed by atoms with E-state index in [1.807, 2.05) is 0 Å². The minimum absolute atomic E-state index is 0.371. The fourth-order valence-corrected chi connectivity index (χ4v) is 3.57. The van der Waals surface area contributed by atoms with Crippen LogP contribution in [0.25, 0.3) is 10.8 Å². The Hall–Kier alpha value is -1.54. The van der Waals surface area contributed by atoms with Gasteiger partial charge in [0.25, 0.3) is 0 Å². The van der Waals surface area contributed by atoms with E-state index in [0.29, 0.717) is 18.6 Å². The lowest BCUT2D eigenvalue weighted by Gasteiger charge is -2.31. The van der Waals surface area contributed by atoms with Gasteiger partial charge >= 0.3 is 0 Å². The molecule has 112 valence electrons. The van der Waals surface area contributed by atoms with Gasteiger partial charge in [0, 0.05) is 11.9 Å². The fraction of sp³-hybridized carbons (Fsp3) is 0.474. The van der Waals surface area contributed by atoms with E-state index in [1.165, 1.54) is 48.4 Å².